The fourth-order valence-corrected chi connectivity index (χ4v) is 1.95. The summed E-state index contributed by atoms with van der Waals surface area (Å²) in [5.74, 6) is -0.307. The Labute approximate surface area is 116 Å². The summed E-state index contributed by atoms with van der Waals surface area (Å²) in [5.41, 5.74) is 5.53. The second kappa shape index (κ2) is 9.28. The van der Waals surface area contributed by atoms with E-state index in [4.69, 9.17) is 18.0 Å². The van der Waals surface area contributed by atoms with Gasteiger partial charge in [-0.05, 0) is 39.9 Å². The fraction of sp³-hybridized carbons (Fsp3) is 0.846. The van der Waals surface area contributed by atoms with Gasteiger partial charge in [0.1, 0.15) is 0 Å². The lowest BCUT2D eigenvalue weighted by Crippen LogP contribution is -2.41. The highest BCUT2D eigenvalue weighted by molar-refractivity contribution is 7.80. The summed E-state index contributed by atoms with van der Waals surface area (Å²) in [6.45, 7) is 12.7. The Bertz CT molecular complexity index is 267. The minimum Gasteiger partial charge on any atom is -0.393 e. The van der Waals surface area contributed by atoms with Crippen molar-refractivity contribution in [3.63, 3.8) is 0 Å². The van der Waals surface area contributed by atoms with Gasteiger partial charge < -0.3 is 15.5 Å². The molecule has 0 radical (unpaired) electrons. The van der Waals surface area contributed by atoms with E-state index in [0.717, 1.165) is 32.6 Å². The van der Waals surface area contributed by atoms with Gasteiger partial charge in [-0.2, -0.15) is 0 Å². The van der Waals surface area contributed by atoms with Crippen LogP contribution in [0.1, 0.15) is 34.1 Å². The average molecular weight is 273 g/mol. The number of thiocarbonyl (C=S) groups is 1. The van der Waals surface area contributed by atoms with Crippen molar-refractivity contribution in [1.29, 1.82) is 0 Å². The van der Waals surface area contributed by atoms with Crippen LogP contribution in [-0.2, 0) is 4.79 Å². The molecule has 2 N–H and O–H groups in total. The van der Waals surface area contributed by atoms with E-state index in [2.05, 4.69) is 18.7 Å². The first-order valence-electron chi connectivity index (χ1n) is 6.78. The Morgan fingerprint density at radius 1 is 1.17 bits per heavy atom. The quantitative estimate of drug-likeness (QED) is 0.647. The van der Waals surface area contributed by atoms with E-state index in [1.54, 1.807) is 6.92 Å². The molecule has 0 aromatic heterocycles. The number of hydrogen-bond donors (Lipinski definition) is 1. The van der Waals surface area contributed by atoms with Crippen LogP contribution in [0.4, 0.5) is 0 Å². The molecule has 18 heavy (non-hydrogen) atoms. The van der Waals surface area contributed by atoms with Crippen LogP contribution in [0.5, 0.6) is 0 Å². The Hall–Kier alpha value is -0.680. The molecule has 1 unspecified atom stereocenters. The van der Waals surface area contributed by atoms with Gasteiger partial charge in [-0.25, -0.2) is 0 Å². The van der Waals surface area contributed by atoms with Gasteiger partial charge in [0.15, 0.2) is 0 Å². The van der Waals surface area contributed by atoms with Gasteiger partial charge >= 0.3 is 0 Å². The molecule has 1 amide bonds. The lowest BCUT2D eigenvalue weighted by Gasteiger charge is -2.25. The second-order valence-corrected chi connectivity index (χ2v) is 4.89. The zero-order chi connectivity index (χ0) is 14.1. The molecule has 0 spiro atoms. The monoisotopic (exact) mass is 273 g/mol. The molecule has 0 saturated carbocycles. The highest BCUT2D eigenvalue weighted by Gasteiger charge is 2.21. The smallest absolute Gasteiger partial charge is 0.232 e. The Morgan fingerprint density at radius 2 is 1.72 bits per heavy atom. The van der Waals surface area contributed by atoms with Crippen LogP contribution in [0.15, 0.2) is 0 Å². The minimum atomic E-state index is -0.353. The molecule has 0 fully saturated rings. The largest absolute Gasteiger partial charge is 0.393 e. The van der Waals surface area contributed by atoms with E-state index in [-0.39, 0.29) is 16.8 Å². The van der Waals surface area contributed by atoms with Crippen molar-refractivity contribution in [2.75, 3.05) is 32.7 Å². The summed E-state index contributed by atoms with van der Waals surface area (Å²) in [5, 5.41) is 0. The molecule has 0 aromatic rings. The predicted octanol–water partition coefficient (Wildman–Crippen LogP) is 1.49. The number of rotatable bonds is 9. The third kappa shape index (κ3) is 5.78. The van der Waals surface area contributed by atoms with Gasteiger partial charge in [-0.1, -0.05) is 26.1 Å². The van der Waals surface area contributed by atoms with E-state index in [0.29, 0.717) is 6.54 Å². The van der Waals surface area contributed by atoms with E-state index < -0.39 is 0 Å². The third-order valence-corrected chi connectivity index (χ3v) is 3.64. The van der Waals surface area contributed by atoms with Crippen molar-refractivity contribution < 1.29 is 4.79 Å². The van der Waals surface area contributed by atoms with Gasteiger partial charge in [0, 0.05) is 13.1 Å². The summed E-state index contributed by atoms with van der Waals surface area (Å²) >= 11 is 4.88. The third-order valence-electron chi connectivity index (χ3n) is 3.29. The summed E-state index contributed by atoms with van der Waals surface area (Å²) in [6.07, 6.45) is 0.991. The number of carbonyl (C=O) groups excluding carboxylic acids is 1. The molecule has 5 heteroatoms. The molecule has 1 atom stereocenters. The molecule has 0 aliphatic rings. The molecule has 0 saturated heterocycles. The average Bonchev–Trinajstić information content (AvgIpc) is 2.37. The molecule has 0 rings (SSSR count). The second-order valence-electron chi connectivity index (χ2n) is 4.42. The van der Waals surface area contributed by atoms with Crippen molar-refractivity contribution in [2.24, 2.45) is 11.7 Å². The van der Waals surface area contributed by atoms with Crippen molar-refractivity contribution in [1.82, 2.24) is 9.80 Å². The predicted molar refractivity (Wildman–Crippen MR) is 80.6 cm³/mol. The maximum Gasteiger partial charge on any atom is 0.232 e. The lowest BCUT2D eigenvalue weighted by molar-refractivity contribution is -0.132. The first-order valence-corrected chi connectivity index (χ1v) is 7.19. The molecule has 0 heterocycles. The van der Waals surface area contributed by atoms with Crippen LogP contribution in [0, 0.1) is 5.92 Å². The van der Waals surface area contributed by atoms with Crippen LogP contribution in [-0.4, -0.2) is 53.4 Å². The Morgan fingerprint density at radius 3 is 2.11 bits per heavy atom. The summed E-state index contributed by atoms with van der Waals surface area (Å²) in [6, 6.07) is 0. The molecule has 0 aliphatic heterocycles. The van der Waals surface area contributed by atoms with Crippen LogP contribution in [0.3, 0.4) is 0 Å². The SMILES string of the molecule is CCN(CC)CCCN(CC)C(=O)C(C)C(N)=S. The normalized spacial score (nSPS) is 12.5. The van der Waals surface area contributed by atoms with Gasteiger partial charge in [0.2, 0.25) is 5.91 Å². The molecular weight excluding hydrogens is 246 g/mol. The van der Waals surface area contributed by atoms with E-state index >= 15 is 0 Å². The number of nitrogens with zero attached hydrogens (tertiary/aromatic N) is 2. The maximum atomic E-state index is 12.1. The van der Waals surface area contributed by atoms with Crippen LogP contribution >= 0.6 is 12.2 Å². The standard InChI is InChI=1S/C13H27N3OS/c1-5-15(6-2)9-8-10-16(7-3)13(17)11(4)12(14)18/h11H,5-10H2,1-4H3,(H2,14,18). The van der Waals surface area contributed by atoms with Crippen LogP contribution in [0.25, 0.3) is 0 Å². The zero-order valence-corrected chi connectivity index (χ0v) is 12.9. The number of carbonyl (C=O) groups is 1. The summed E-state index contributed by atoms with van der Waals surface area (Å²) in [4.78, 5) is 16.6. The maximum absolute atomic E-state index is 12.1. The molecule has 0 aromatic carbocycles. The van der Waals surface area contributed by atoms with Gasteiger partial charge in [-0.15, -0.1) is 0 Å². The minimum absolute atomic E-state index is 0.0459. The van der Waals surface area contributed by atoms with Crippen molar-refractivity contribution >= 4 is 23.1 Å². The van der Waals surface area contributed by atoms with E-state index in [9.17, 15) is 4.79 Å². The van der Waals surface area contributed by atoms with E-state index in [1.165, 1.54) is 0 Å². The van der Waals surface area contributed by atoms with Crippen LogP contribution < -0.4 is 5.73 Å². The van der Waals surface area contributed by atoms with Crippen molar-refractivity contribution in [3.8, 4) is 0 Å². The summed E-state index contributed by atoms with van der Waals surface area (Å²) in [7, 11) is 0. The van der Waals surface area contributed by atoms with Gasteiger partial charge in [0.05, 0.1) is 10.9 Å². The van der Waals surface area contributed by atoms with E-state index in [1.807, 2.05) is 11.8 Å². The number of amides is 1. The number of hydrogen-bond acceptors (Lipinski definition) is 3. The first-order chi connectivity index (χ1) is 8.47. The number of nitrogens with two attached hydrogens (primary N) is 1. The fourth-order valence-electron chi connectivity index (χ4n) is 1.84. The first kappa shape index (κ1) is 17.3. The molecule has 0 bridgehead atoms. The molecule has 0 aliphatic carbocycles. The molecule has 106 valence electrons. The highest BCUT2D eigenvalue weighted by atomic mass is 32.1. The van der Waals surface area contributed by atoms with Crippen LogP contribution in [0.2, 0.25) is 0 Å². The summed E-state index contributed by atoms with van der Waals surface area (Å²) < 4.78 is 0. The van der Waals surface area contributed by atoms with Crippen molar-refractivity contribution in [2.45, 2.75) is 34.1 Å². The van der Waals surface area contributed by atoms with Crippen molar-refractivity contribution in [3.05, 3.63) is 0 Å². The topological polar surface area (TPSA) is 49.6 Å². The van der Waals surface area contributed by atoms with Gasteiger partial charge in [0.25, 0.3) is 0 Å². The Balaban J connectivity index is 4.19. The molecular formula is C13H27N3OS. The molecule has 4 nitrogen and oxygen atoms in total. The highest BCUT2D eigenvalue weighted by Crippen LogP contribution is 2.04. The Kier molecular flexibility index (Phi) is 8.93. The zero-order valence-electron chi connectivity index (χ0n) is 12.1. The lowest BCUT2D eigenvalue weighted by atomic mass is 10.1. The van der Waals surface area contributed by atoms with Gasteiger partial charge in [-0.3, -0.25) is 4.79 Å².